The first-order valence-electron chi connectivity index (χ1n) is 6.73. The van der Waals surface area contributed by atoms with Gasteiger partial charge < -0.3 is 5.11 Å². The van der Waals surface area contributed by atoms with Crippen molar-refractivity contribution in [3.8, 4) is 0 Å². The lowest BCUT2D eigenvalue weighted by Gasteiger charge is -2.11. The van der Waals surface area contributed by atoms with Crippen LogP contribution in [0.3, 0.4) is 0 Å². The third kappa shape index (κ3) is 2.92. The number of hydrogen-bond donors (Lipinski definition) is 1. The van der Waals surface area contributed by atoms with Crippen molar-refractivity contribution >= 4 is 11.7 Å². The smallest absolute Gasteiger partial charge is 0.338 e. The Kier molecular flexibility index (Phi) is 4.14. The second kappa shape index (κ2) is 5.82. The fourth-order valence-corrected chi connectivity index (χ4v) is 2.35. The summed E-state index contributed by atoms with van der Waals surface area (Å²) in [6.07, 6.45) is 9.26. The van der Waals surface area contributed by atoms with Crippen LogP contribution >= 0.6 is 0 Å². The molecule has 0 atom stereocenters. The number of aromatic nitrogens is 3. The van der Waals surface area contributed by atoms with Gasteiger partial charge in [0.1, 0.15) is 0 Å². The molecule has 5 nitrogen and oxygen atoms in total. The quantitative estimate of drug-likeness (QED) is 0.867. The number of imidazole rings is 1. The Morgan fingerprint density at radius 3 is 2.58 bits per heavy atom. The van der Waals surface area contributed by atoms with E-state index in [2.05, 4.69) is 23.8 Å². The summed E-state index contributed by atoms with van der Waals surface area (Å²) in [5, 5.41) is 8.95. The predicted molar refractivity (Wildman–Crippen MR) is 72.5 cm³/mol. The fourth-order valence-electron chi connectivity index (χ4n) is 2.35. The summed E-state index contributed by atoms with van der Waals surface area (Å²) in [6.45, 7) is 4.33. The number of nitrogens with zero attached hydrogens (tertiary/aromatic N) is 3. The summed E-state index contributed by atoms with van der Waals surface area (Å²) in [5.74, 6) is 0.0329. The second-order valence-corrected chi connectivity index (χ2v) is 4.80. The van der Waals surface area contributed by atoms with Crippen LogP contribution < -0.4 is 0 Å². The van der Waals surface area contributed by atoms with Crippen LogP contribution in [-0.2, 0) is 0 Å². The monoisotopic (exact) mass is 261 g/mol. The van der Waals surface area contributed by atoms with Gasteiger partial charge in [0.25, 0.3) is 0 Å². The number of aromatic carboxylic acids is 1. The Labute approximate surface area is 112 Å². The van der Waals surface area contributed by atoms with E-state index in [0.29, 0.717) is 11.7 Å². The Balaban J connectivity index is 2.36. The summed E-state index contributed by atoms with van der Waals surface area (Å²) >= 11 is 0. The maximum absolute atomic E-state index is 10.9. The van der Waals surface area contributed by atoms with Crippen LogP contribution in [0.2, 0.25) is 0 Å². The molecule has 0 bridgehead atoms. The average Bonchev–Trinajstić information content (AvgIpc) is 2.80. The summed E-state index contributed by atoms with van der Waals surface area (Å²) in [5.41, 5.74) is 1.19. The number of carbonyl (C=O) groups is 1. The molecule has 0 aliphatic carbocycles. The highest BCUT2D eigenvalue weighted by Crippen LogP contribution is 2.25. The zero-order valence-electron chi connectivity index (χ0n) is 11.3. The van der Waals surface area contributed by atoms with Gasteiger partial charge in [-0.2, -0.15) is 0 Å². The van der Waals surface area contributed by atoms with E-state index in [4.69, 9.17) is 5.11 Å². The van der Waals surface area contributed by atoms with Crippen molar-refractivity contribution in [1.29, 1.82) is 0 Å². The molecule has 0 aromatic carbocycles. The molecule has 0 saturated carbocycles. The van der Waals surface area contributed by atoms with E-state index in [1.54, 1.807) is 10.6 Å². The van der Waals surface area contributed by atoms with Crippen LogP contribution in [0.25, 0.3) is 5.78 Å². The van der Waals surface area contributed by atoms with Crippen molar-refractivity contribution in [3.63, 3.8) is 0 Å². The summed E-state index contributed by atoms with van der Waals surface area (Å²) in [7, 11) is 0. The molecule has 102 valence electrons. The molecule has 2 rings (SSSR count). The van der Waals surface area contributed by atoms with Crippen LogP contribution in [0, 0.1) is 0 Å². The molecule has 1 N–H and O–H groups in total. The number of rotatable bonds is 6. The minimum Gasteiger partial charge on any atom is -0.478 e. The first-order chi connectivity index (χ1) is 9.15. The Bertz CT molecular complexity index is 571. The molecule has 2 aromatic heterocycles. The molecule has 0 fully saturated rings. The molecule has 2 heterocycles. The zero-order valence-corrected chi connectivity index (χ0v) is 11.3. The van der Waals surface area contributed by atoms with Crippen LogP contribution in [0.1, 0.15) is 61.5 Å². The fraction of sp³-hybridized carbons (Fsp3) is 0.500. The summed E-state index contributed by atoms with van der Waals surface area (Å²) in [6, 6.07) is 0. The Morgan fingerprint density at radius 2 is 2.00 bits per heavy atom. The van der Waals surface area contributed by atoms with E-state index in [-0.39, 0.29) is 5.56 Å². The number of carboxylic acids is 1. The van der Waals surface area contributed by atoms with Gasteiger partial charge in [-0.25, -0.2) is 14.8 Å². The lowest BCUT2D eigenvalue weighted by Crippen LogP contribution is -1.99. The van der Waals surface area contributed by atoms with Crippen LogP contribution in [0.5, 0.6) is 0 Å². The SMILES string of the molecule is CCCC(CCC)c1cn2cc(C(=O)O)cnc2n1. The minimum atomic E-state index is -0.969. The van der Waals surface area contributed by atoms with Crippen molar-refractivity contribution in [1.82, 2.24) is 14.4 Å². The molecule has 0 aliphatic rings. The van der Waals surface area contributed by atoms with E-state index in [1.165, 1.54) is 6.20 Å². The molecule has 0 saturated heterocycles. The van der Waals surface area contributed by atoms with Gasteiger partial charge in [0.05, 0.1) is 11.3 Å². The van der Waals surface area contributed by atoms with E-state index in [1.807, 2.05) is 6.20 Å². The molecule has 0 spiro atoms. The van der Waals surface area contributed by atoms with E-state index >= 15 is 0 Å². The maximum Gasteiger partial charge on any atom is 0.338 e. The van der Waals surface area contributed by atoms with Crippen molar-refractivity contribution in [2.24, 2.45) is 0 Å². The lowest BCUT2D eigenvalue weighted by atomic mass is 9.95. The van der Waals surface area contributed by atoms with Gasteiger partial charge in [0.2, 0.25) is 5.78 Å². The molecular formula is C14H19N3O2. The summed E-state index contributed by atoms with van der Waals surface area (Å²) in [4.78, 5) is 19.5. The van der Waals surface area contributed by atoms with Gasteiger partial charge in [-0.05, 0) is 12.8 Å². The normalized spacial score (nSPS) is 11.3. The van der Waals surface area contributed by atoms with Crippen molar-refractivity contribution in [2.75, 3.05) is 0 Å². The standard InChI is InChI=1S/C14H19N3O2/c1-3-5-10(6-4-2)12-9-17-8-11(13(18)19)7-15-14(17)16-12/h7-10H,3-6H2,1-2H3,(H,18,19). The first kappa shape index (κ1) is 13.5. The third-order valence-corrected chi connectivity index (χ3v) is 3.27. The van der Waals surface area contributed by atoms with Crippen LogP contribution in [-0.4, -0.2) is 25.4 Å². The van der Waals surface area contributed by atoms with Crippen molar-refractivity contribution in [3.05, 3.63) is 29.8 Å². The summed E-state index contributed by atoms with van der Waals surface area (Å²) < 4.78 is 1.71. The van der Waals surface area contributed by atoms with Gasteiger partial charge in [-0.15, -0.1) is 0 Å². The molecular weight excluding hydrogens is 242 g/mol. The van der Waals surface area contributed by atoms with Crippen molar-refractivity contribution < 1.29 is 9.90 Å². The number of hydrogen-bond acceptors (Lipinski definition) is 3. The number of carboxylic acid groups (broad SMARTS) is 1. The minimum absolute atomic E-state index is 0.180. The van der Waals surface area contributed by atoms with Gasteiger partial charge in [0, 0.05) is 24.5 Å². The molecule has 0 aliphatic heterocycles. The molecule has 5 heteroatoms. The highest BCUT2D eigenvalue weighted by Gasteiger charge is 2.15. The maximum atomic E-state index is 10.9. The van der Waals surface area contributed by atoms with Crippen molar-refractivity contribution in [2.45, 2.75) is 45.4 Å². The molecule has 19 heavy (non-hydrogen) atoms. The van der Waals surface area contributed by atoms with E-state index in [9.17, 15) is 4.79 Å². The molecule has 0 amide bonds. The first-order valence-corrected chi connectivity index (χ1v) is 6.73. The van der Waals surface area contributed by atoms with Gasteiger partial charge in [0.15, 0.2) is 0 Å². The Morgan fingerprint density at radius 1 is 1.32 bits per heavy atom. The average molecular weight is 261 g/mol. The van der Waals surface area contributed by atoms with Gasteiger partial charge in [-0.3, -0.25) is 4.40 Å². The topological polar surface area (TPSA) is 67.5 Å². The molecule has 0 unspecified atom stereocenters. The zero-order chi connectivity index (χ0) is 13.8. The largest absolute Gasteiger partial charge is 0.478 e. The van der Waals surface area contributed by atoms with Gasteiger partial charge in [-0.1, -0.05) is 26.7 Å². The highest BCUT2D eigenvalue weighted by atomic mass is 16.4. The Hall–Kier alpha value is -1.91. The number of fused-ring (bicyclic) bond motifs is 1. The predicted octanol–water partition coefficient (Wildman–Crippen LogP) is 3.11. The molecule has 2 aromatic rings. The lowest BCUT2D eigenvalue weighted by molar-refractivity contribution is 0.0696. The third-order valence-electron chi connectivity index (χ3n) is 3.27. The van der Waals surface area contributed by atoms with Crippen LogP contribution in [0.15, 0.2) is 18.6 Å². The van der Waals surface area contributed by atoms with E-state index < -0.39 is 5.97 Å². The van der Waals surface area contributed by atoms with Crippen LogP contribution in [0.4, 0.5) is 0 Å². The van der Waals surface area contributed by atoms with Gasteiger partial charge >= 0.3 is 5.97 Å². The highest BCUT2D eigenvalue weighted by molar-refractivity contribution is 5.86. The molecule has 0 radical (unpaired) electrons. The van der Waals surface area contributed by atoms with E-state index in [0.717, 1.165) is 31.4 Å². The second-order valence-electron chi connectivity index (χ2n) is 4.80.